The number of rotatable bonds is 49. The van der Waals surface area contributed by atoms with Gasteiger partial charge in [-0.25, -0.2) is 0 Å². The molecular weight excluding hydrogens is 849 g/mol. The molecule has 0 saturated heterocycles. The Morgan fingerprint density at radius 1 is 0.348 bits per heavy atom. The van der Waals surface area contributed by atoms with Crippen LogP contribution in [0, 0.1) is 0 Å². The minimum Gasteiger partial charge on any atom is -0.462 e. The quantitative estimate of drug-likeness (QED) is 0.0374. The lowest BCUT2D eigenvalue weighted by Gasteiger charge is -2.15. The average molecular weight is 952 g/mol. The fourth-order valence-electron chi connectivity index (χ4n) is 7.24. The molecule has 0 aromatic heterocycles. The Balaban J connectivity index is 3.67. The highest BCUT2D eigenvalue weighted by atomic mass is 16.6. The highest BCUT2D eigenvalue weighted by molar-refractivity contribution is 5.70. The van der Waals surface area contributed by atoms with Crippen LogP contribution in [-0.4, -0.2) is 36.4 Å². The second-order valence-electron chi connectivity index (χ2n) is 17.9. The van der Waals surface area contributed by atoms with Gasteiger partial charge in [-0.15, -0.1) is 0 Å². The van der Waals surface area contributed by atoms with E-state index in [1.54, 1.807) is 0 Å². The second kappa shape index (κ2) is 58.1. The molecule has 0 aliphatic carbocycles. The molecule has 69 heavy (non-hydrogen) atoms. The Morgan fingerprint density at radius 2 is 0.623 bits per heavy atom. The fraction of sp³-hybridized carbons (Fsp3) is 0.594. The number of carbonyl (C=O) groups excluding carboxylic acids is 2. The molecule has 0 aliphatic rings. The molecule has 0 saturated carbocycles. The van der Waals surface area contributed by atoms with E-state index in [9.17, 15) is 14.7 Å². The third-order valence-corrected chi connectivity index (χ3v) is 11.4. The first-order valence-electron chi connectivity index (χ1n) is 27.9. The number of ether oxygens (including phenoxy) is 2. The third kappa shape index (κ3) is 56.3. The van der Waals surface area contributed by atoms with Crippen LogP contribution < -0.4 is 0 Å². The van der Waals surface area contributed by atoms with Crippen LogP contribution in [0.4, 0.5) is 0 Å². The smallest absolute Gasteiger partial charge is 0.306 e. The van der Waals surface area contributed by atoms with Gasteiger partial charge in [0, 0.05) is 12.8 Å². The van der Waals surface area contributed by atoms with Gasteiger partial charge >= 0.3 is 11.9 Å². The average Bonchev–Trinajstić information content (AvgIpc) is 3.35. The van der Waals surface area contributed by atoms with Crippen molar-refractivity contribution in [1.29, 1.82) is 0 Å². The van der Waals surface area contributed by atoms with Crippen molar-refractivity contribution in [2.45, 2.75) is 232 Å². The van der Waals surface area contributed by atoms with Gasteiger partial charge in [-0.2, -0.15) is 0 Å². The van der Waals surface area contributed by atoms with Gasteiger partial charge in [0.2, 0.25) is 0 Å². The summed E-state index contributed by atoms with van der Waals surface area (Å²) in [6.45, 7) is 4.00. The van der Waals surface area contributed by atoms with Crippen molar-refractivity contribution >= 4 is 11.9 Å². The molecule has 0 aliphatic heterocycles. The summed E-state index contributed by atoms with van der Waals surface area (Å²) in [6, 6.07) is 0. The van der Waals surface area contributed by atoms with Crippen LogP contribution in [0.2, 0.25) is 0 Å². The Kier molecular flexibility index (Phi) is 54.5. The number of unbranched alkanes of at least 4 members (excludes halogenated alkanes) is 17. The zero-order valence-electron chi connectivity index (χ0n) is 44.3. The van der Waals surface area contributed by atoms with E-state index in [0.29, 0.717) is 12.8 Å². The Bertz CT molecular complexity index is 1490. The summed E-state index contributed by atoms with van der Waals surface area (Å²) < 4.78 is 10.6. The first-order chi connectivity index (χ1) is 34.1. The van der Waals surface area contributed by atoms with Gasteiger partial charge in [0.05, 0.1) is 6.61 Å². The Hall–Kier alpha value is -4.22. The molecule has 0 aromatic rings. The monoisotopic (exact) mass is 951 g/mol. The fourth-order valence-corrected chi connectivity index (χ4v) is 7.24. The van der Waals surface area contributed by atoms with E-state index in [-0.39, 0.29) is 25.2 Å². The summed E-state index contributed by atoms with van der Waals surface area (Å²) in [5, 5.41) is 9.62. The van der Waals surface area contributed by atoms with Gasteiger partial charge in [-0.1, -0.05) is 256 Å². The van der Waals surface area contributed by atoms with Gasteiger partial charge in [0.1, 0.15) is 6.61 Å². The number of esters is 2. The maximum Gasteiger partial charge on any atom is 0.306 e. The molecule has 0 radical (unpaired) electrons. The number of allylic oxidation sites excluding steroid dienone is 24. The van der Waals surface area contributed by atoms with Gasteiger partial charge in [-0.05, 0) is 103 Å². The van der Waals surface area contributed by atoms with Crippen LogP contribution in [0.25, 0.3) is 0 Å². The number of aliphatic hydroxyl groups excluding tert-OH is 1. The normalized spacial score (nSPS) is 13.4. The van der Waals surface area contributed by atoms with Crippen LogP contribution in [0.3, 0.4) is 0 Å². The topological polar surface area (TPSA) is 72.8 Å². The Morgan fingerprint density at radius 3 is 0.942 bits per heavy atom. The van der Waals surface area contributed by atoms with E-state index in [1.807, 2.05) is 0 Å². The minimum absolute atomic E-state index is 0.0820. The standard InChI is InChI=1S/C64H102O5/c1-3-5-7-9-11-13-15-17-19-20-21-22-23-24-25-26-27-28-29-30-31-32-33-34-35-36-37-38-39-40-41-42-43-44-45-47-49-51-53-55-57-59-64(67)69-62(60-65)61-68-63(66)58-56-54-52-50-48-46-18-16-14-12-10-8-6-4-2/h5,7,11,13,17,19,21-22,24-25,27-28,30-31,33-34,36-37,39-40,42-43,45,47,62,65H,3-4,6,8-10,12,14-16,18,20,23,26,29,32,35,38,41,44,46,48-61H2,1-2H3/b7-5-,13-11-,19-17-,22-21-,25-24-,28-27-,31-30-,34-33-,37-36-,40-39-,43-42-,47-45-. The SMILES string of the molecule is CC/C=C\C/C=C\C/C=C\C/C=C\C/C=C\C/C=C\C/C=C\C/C=C\C/C=C\C/C=C\C/C=C\C/C=C\CCCCCCC(=O)OC(CO)COC(=O)CCCCCCCCCCCCCCCC. The number of hydrogen-bond donors (Lipinski definition) is 1. The predicted molar refractivity (Wildman–Crippen MR) is 301 cm³/mol. The number of aliphatic hydroxyl groups is 1. The van der Waals surface area contributed by atoms with Gasteiger partial charge in [0.25, 0.3) is 0 Å². The number of carbonyl (C=O) groups is 2. The molecule has 0 spiro atoms. The maximum absolute atomic E-state index is 12.3. The van der Waals surface area contributed by atoms with Crippen LogP contribution in [0.15, 0.2) is 146 Å². The van der Waals surface area contributed by atoms with E-state index < -0.39 is 6.10 Å². The van der Waals surface area contributed by atoms with Crippen molar-refractivity contribution in [2.75, 3.05) is 13.2 Å². The van der Waals surface area contributed by atoms with Crippen LogP contribution in [0.5, 0.6) is 0 Å². The van der Waals surface area contributed by atoms with E-state index in [2.05, 4.69) is 160 Å². The van der Waals surface area contributed by atoms with Crippen molar-refractivity contribution in [3.63, 3.8) is 0 Å². The van der Waals surface area contributed by atoms with Crippen LogP contribution in [0.1, 0.15) is 226 Å². The van der Waals surface area contributed by atoms with E-state index in [0.717, 1.165) is 128 Å². The van der Waals surface area contributed by atoms with Crippen molar-refractivity contribution in [3.05, 3.63) is 146 Å². The van der Waals surface area contributed by atoms with E-state index in [1.165, 1.54) is 70.6 Å². The summed E-state index contributed by atoms with van der Waals surface area (Å²) in [5.74, 6) is -0.625. The molecule has 1 N–H and O–H groups in total. The largest absolute Gasteiger partial charge is 0.462 e. The van der Waals surface area contributed by atoms with Crippen LogP contribution in [-0.2, 0) is 19.1 Å². The van der Waals surface area contributed by atoms with Crippen molar-refractivity contribution in [3.8, 4) is 0 Å². The highest BCUT2D eigenvalue weighted by Gasteiger charge is 2.16. The molecule has 0 amide bonds. The molecule has 5 nitrogen and oxygen atoms in total. The molecule has 0 rings (SSSR count). The second-order valence-corrected chi connectivity index (χ2v) is 17.9. The van der Waals surface area contributed by atoms with Gasteiger partial charge < -0.3 is 14.6 Å². The van der Waals surface area contributed by atoms with E-state index >= 15 is 0 Å². The first kappa shape index (κ1) is 64.8. The van der Waals surface area contributed by atoms with Crippen molar-refractivity contribution in [2.24, 2.45) is 0 Å². The molecule has 388 valence electrons. The lowest BCUT2D eigenvalue weighted by Crippen LogP contribution is -2.28. The predicted octanol–water partition coefficient (Wildman–Crippen LogP) is 19.0. The molecule has 0 heterocycles. The minimum atomic E-state index is -0.793. The first-order valence-corrected chi connectivity index (χ1v) is 27.9. The third-order valence-electron chi connectivity index (χ3n) is 11.4. The van der Waals surface area contributed by atoms with E-state index in [4.69, 9.17) is 9.47 Å². The molecule has 1 unspecified atom stereocenters. The lowest BCUT2D eigenvalue weighted by atomic mass is 10.0. The molecule has 0 aromatic carbocycles. The molecule has 0 bridgehead atoms. The van der Waals surface area contributed by atoms with Crippen molar-refractivity contribution in [1.82, 2.24) is 0 Å². The van der Waals surface area contributed by atoms with Crippen LogP contribution >= 0.6 is 0 Å². The zero-order valence-corrected chi connectivity index (χ0v) is 44.3. The maximum atomic E-state index is 12.3. The molecule has 5 heteroatoms. The summed E-state index contributed by atoms with van der Waals surface area (Å²) in [7, 11) is 0. The molecular formula is C64H102O5. The lowest BCUT2D eigenvalue weighted by molar-refractivity contribution is -0.161. The van der Waals surface area contributed by atoms with Crippen molar-refractivity contribution < 1.29 is 24.2 Å². The molecule has 0 fully saturated rings. The molecule has 1 atom stereocenters. The van der Waals surface area contributed by atoms with Gasteiger partial charge in [-0.3, -0.25) is 9.59 Å². The summed E-state index contributed by atoms with van der Waals surface area (Å²) in [5.41, 5.74) is 0. The summed E-state index contributed by atoms with van der Waals surface area (Å²) in [4.78, 5) is 24.4. The summed E-state index contributed by atoms with van der Waals surface area (Å²) in [6.07, 6.45) is 88.1. The summed E-state index contributed by atoms with van der Waals surface area (Å²) >= 11 is 0. The zero-order chi connectivity index (χ0) is 49.9. The Labute approximate surface area is 425 Å². The number of hydrogen-bond acceptors (Lipinski definition) is 5. The highest BCUT2D eigenvalue weighted by Crippen LogP contribution is 2.14. The van der Waals surface area contributed by atoms with Gasteiger partial charge in [0.15, 0.2) is 6.10 Å².